The Bertz CT molecular complexity index is 1360. The number of aryl methyl sites for hydroxylation is 1. The van der Waals surface area contributed by atoms with E-state index in [9.17, 15) is 18.4 Å². The van der Waals surface area contributed by atoms with Gasteiger partial charge in [0.05, 0.1) is 23.0 Å². The molecule has 0 aliphatic carbocycles. The average molecular weight is 533 g/mol. The molecule has 1 aromatic heterocycles. The summed E-state index contributed by atoms with van der Waals surface area (Å²) in [4.78, 5) is 31.4. The van der Waals surface area contributed by atoms with Crippen molar-refractivity contribution in [3.05, 3.63) is 52.8 Å². The molecule has 0 spiro atoms. The zero-order valence-corrected chi connectivity index (χ0v) is 21.4. The topological polar surface area (TPSA) is 85.7 Å². The highest BCUT2D eigenvalue weighted by Gasteiger charge is 2.39. The molecule has 1 saturated heterocycles. The molecule has 2 aliphatic rings. The maximum atomic E-state index is 13.4. The summed E-state index contributed by atoms with van der Waals surface area (Å²) >= 11 is 6.24. The van der Waals surface area contributed by atoms with Crippen LogP contribution in [0.15, 0.2) is 36.4 Å². The van der Waals surface area contributed by atoms with Crippen molar-refractivity contribution in [1.82, 2.24) is 14.5 Å². The smallest absolute Gasteiger partial charge is 0.410 e. The van der Waals surface area contributed by atoms with Crippen molar-refractivity contribution >= 4 is 40.3 Å². The quantitative estimate of drug-likeness (QED) is 0.460. The van der Waals surface area contributed by atoms with E-state index in [1.165, 1.54) is 11.0 Å². The second-order valence-electron chi connectivity index (χ2n) is 10.3. The van der Waals surface area contributed by atoms with Crippen LogP contribution in [0.25, 0.3) is 11.0 Å². The number of halogens is 3. The number of anilines is 1. The predicted molar refractivity (Wildman–Crippen MR) is 134 cm³/mol. The minimum atomic E-state index is -3.03. The van der Waals surface area contributed by atoms with Gasteiger partial charge in [-0.2, -0.15) is 8.78 Å². The number of aromatic nitrogens is 2. The number of imidazole rings is 1. The lowest BCUT2D eigenvalue weighted by Gasteiger charge is -2.38. The van der Waals surface area contributed by atoms with E-state index in [4.69, 9.17) is 21.1 Å². The van der Waals surface area contributed by atoms with Gasteiger partial charge in [0.1, 0.15) is 17.2 Å². The third kappa shape index (κ3) is 5.07. The molecule has 1 atom stereocenters. The van der Waals surface area contributed by atoms with Crippen molar-refractivity contribution in [2.24, 2.45) is 5.92 Å². The molecule has 196 valence electrons. The maximum Gasteiger partial charge on any atom is 0.410 e. The third-order valence-corrected chi connectivity index (χ3v) is 6.69. The van der Waals surface area contributed by atoms with E-state index in [2.05, 4.69) is 10.3 Å². The molecule has 0 unspecified atom stereocenters. The fourth-order valence-electron chi connectivity index (χ4n) is 4.86. The fourth-order valence-corrected chi connectivity index (χ4v) is 5.03. The monoisotopic (exact) mass is 532 g/mol. The van der Waals surface area contributed by atoms with E-state index in [-0.39, 0.29) is 24.7 Å². The summed E-state index contributed by atoms with van der Waals surface area (Å²) in [5.74, 6) is 0.0241. The summed E-state index contributed by atoms with van der Waals surface area (Å²) in [6.07, 6.45) is 0.738. The van der Waals surface area contributed by atoms with Crippen molar-refractivity contribution in [3.63, 3.8) is 0 Å². The molecule has 0 saturated carbocycles. The second-order valence-corrected chi connectivity index (χ2v) is 10.7. The number of amides is 2. The number of nitrogens with zero attached hydrogens (tertiary/aromatic N) is 3. The number of nitrogens with one attached hydrogen (secondary N) is 1. The SMILES string of the molecule is CC(C)(C)OC(=O)N1CC(C(=O)Nc2cccc(OC(F)F)c2[C@H]2CCc3nc4ccc(Cl)cc4n32)C1. The average Bonchev–Trinajstić information content (AvgIpc) is 3.30. The number of carbonyl (C=O) groups is 2. The largest absolute Gasteiger partial charge is 0.444 e. The summed E-state index contributed by atoms with van der Waals surface area (Å²) in [5, 5.41) is 3.42. The summed E-state index contributed by atoms with van der Waals surface area (Å²) in [7, 11) is 0. The molecule has 2 amide bonds. The van der Waals surface area contributed by atoms with Crippen LogP contribution < -0.4 is 10.1 Å². The van der Waals surface area contributed by atoms with E-state index < -0.39 is 30.3 Å². The van der Waals surface area contributed by atoms with E-state index in [0.717, 1.165) is 16.9 Å². The lowest BCUT2D eigenvalue weighted by Crippen LogP contribution is -2.55. The van der Waals surface area contributed by atoms with E-state index in [1.54, 1.807) is 45.0 Å². The van der Waals surface area contributed by atoms with Crippen molar-refractivity contribution in [3.8, 4) is 5.75 Å². The summed E-state index contributed by atoms with van der Waals surface area (Å²) < 4.78 is 38.9. The second kappa shape index (κ2) is 9.48. The van der Waals surface area contributed by atoms with Gasteiger partial charge in [0, 0.05) is 35.8 Å². The van der Waals surface area contributed by atoms with Gasteiger partial charge >= 0.3 is 12.7 Å². The van der Waals surface area contributed by atoms with Crippen LogP contribution in [0.3, 0.4) is 0 Å². The molecule has 3 aromatic rings. The minimum absolute atomic E-state index is 0.0153. The number of carbonyl (C=O) groups excluding carboxylic acids is 2. The molecule has 5 rings (SSSR count). The maximum absolute atomic E-state index is 13.4. The van der Waals surface area contributed by atoms with Gasteiger partial charge in [-0.3, -0.25) is 4.79 Å². The first kappa shape index (κ1) is 25.3. The Labute approximate surface area is 217 Å². The van der Waals surface area contributed by atoms with Gasteiger partial charge in [-0.1, -0.05) is 17.7 Å². The van der Waals surface area contributed by atoms with Crippen LogP contribution in [-0.4, -0.2) is 51.8 Å². The van der Waals surface area contributed by atoms with Crippen molar-refractivity contribution in [2.75, 3.05) is 18.4 Å². The Hall–Kier alpha value is -3.40. The Morgan fingerprint density at radius 1 is 1.19 bits per heavy atom. The van der Waals surface area contributed by atoms with Gasteiger partial charge in [0.25, 0.3) is 0 Å². The summed E-state index contributed by atoms with van der Waals surface area (Å²) in [6.45, 7) is 2.71. The van der Waals surface area contributed by atoms with Gasteiger partial charge in [-0.05, 0) is 57.5 Å². The van der Waals surface area contributed by atoms with Gasteiger partial charge in [0.2, 0.25) is 5.91 Å². The minimum Gasteiger partial charge on any atom is -0.444 e. The standard InChI is InChI=1S/C26H27ClF2N4O4/c1-26(2,3)37-25(35)32-12-14(13-32)23(34)31-17-5-4-6-20(36-24(28)29)22(17)18-9-10-21-30-16-8-7-15(27)11-19(16)33(18)21/h4-8,11,14,18,24H,9-10,12-13H2,1-3H3,(H,31,34)/t18-/m1/s1. The Morgan fingerprint density at radius 3 is 2.65 bits per heavy atom. The summed E-state index contributed by atoms with van der Waals surface area (Å²) in [6, 6.07) is 9.65. The first-order chi connectivity index (χ1) is 17.5. The molecular weight excluding hydrogens is 506 g/mol. The highest BCUT2D eigenvalue weighted by Crippen LogP contribution is 2.43. The van der Waals surface area contributed by atoms with Gasteiger partial charge < -0.3 is 24.3 Å². The van der Waals surface area contributed by atoms with Gasteiger partial charge in [-0.25, -0.2) is 9.78 Å². The summed E-state index contributed by atoms with van der Waals surface area (Å²) in [5.41, 5.74) is 1.71. The number of alkyl halides is 2. The number of benzene rings is 2. The Morgan fingerprint density at radius 2 is 1.95 bits per heavy atom. The molecule has 0 bridgehead atoms. The van der Waals surface area contributed by atoms with Crippen LogP contribution in [0.4, 0.5) is 19.3 Å². The molecule has 1 fully saturated rings. The Balaban J connectivity index is 1.42. The van der Waals surface area contributed by atoms with E-state index in [0.29, 0.717) is 29.1 Å². The van der Waals surface area contributed by atoms with Crippen LogP contribution in [0.2, 0.25) is 5.02 Å². The van der Waals surface area contributed by atoms with Crippen LogP contribution in [0.5, 0.6) is 5.75 Å². The molecule has 11 heteroatoms. The number of ether oxygens (including phenoxy) is 2. The third-order valence-electron chi connectivity index (χ3n) is 6.45. The highest BCUT2D eigenvalue weighted by atomic mass is 35.5. The fraction of sp³-hybridized carbons (Fsp3) is 0.423. The number of hydrogen-bond donors (Lipinski definition) is 1. The lowest BCUT2D eigenvalue weighted by molar-refractivity contribution is -0.124. The molecule has 2 aromatic carbocycles. The molecule has 37 heavy (non-hydrogen) atoms. The van der Waals surface area contributed by atoms with Crippen LogP contribution in [0.1, 0.15) is 44.6 Å². The number of rotatable bonds is 5. The number of fused-ring (bicyclic) bond motifs is 3. The molecule has 0 radical (unpaired) electrons. The first-order valence-corrected chi connectivity index (χ1v) is 12.4. The molecule has 3 heterocycles. The molecule has 1 N–H and O–H groups in total. The number of hydrogen-bond acceptors (Lipinski definition) is 5. The van der Waals surface area contributed by atoms with Crippen molar-refractivity contribution in [1.29, 1.82) is 0 Å². The van der Waals surface area contributed by atoms with Crippen LogP contribution in [-0.2, 0) is 16.0 Å². The zero-order chi connectivity index (χ0) is 26.5. The first-order valence-electron chi connectivity index (χ1n) is 12.0. The molecule has 2 aliphatic heterocycles. The molecule has 8 nitrogen and oxygen atoms in total. The Kier molecular flexibility index (Phi) is 6.47. The highest BCUT2D eigenvalue weighted by molar-refractivity contribution is 6.31. The van der Waals surface area contributed by atoms with Gasteiger partial charge in [0.15, 0.2) is 0 Å². The van der Waals surface area contributed by atoms with E-state index in [1.807, 2.05) is 10.6 Å². The van der Waals surface area contributed by atoms with Crippen LogP contribution >= 0.6 is 11.6 Å². The normalized spacial score (nSPS) is 17.6. The predicted octanol–water partition coefficient (Wildman–Crippen LogP) is 5.63. The van der Waals surface area contributed by atoms with Crippen LogP contribution in [0, 0.1) is 5.92 Å². The van der Waals surface area contributed by atoms with Crippen molar-refractivity contribution < 1.29 is 27.8 Å². The van der Waals surface area contributed by atoms with Gasteiger partial charge in [-0.15, -0.1) is 0 Å². The zero-order valence-electron chi connectivity index (χ0n) is 20.6. The van der Waals surface area contributed by atoms with E-state index >= 15 is 0 Å². The van der Waals surface area contributed by atoms with Crippen molar-refractivity contribution in [2.45, 2.75) is 51.9 Å². The number of likely N-dealkylation sites (tertiary alicyclic amines) is 1. The lowest BCUT2D eigenvalue weighted by atomic mass is 9.97. The molecular formula is C26H27ClF2N4O4.